The van der Waals surface area contributed by atoms with Crippen molar-refractivity contribution in [2.45, 2.75) is 25.3 Å². The molecule has 1 aliphatic rings. The van der Waals surface area contributed by atoms with Gasteiger partial charge in [-0.3, -0.25) is 4.55 Å². The van der Waals surface area contributed by atoms with Crippen molar-refractivity contribution >= 4 is 16.4 Å². The summed E-state index contributed by atoms with van der Waals surface area (Å²) in [7, 11) is -4.53. The summed E-state index contributed by atoms with van der Waals surface area (Å²) in [5.74, 6) is 0. The van der Waals surface area contributed by atoms with Crippen LogP contribution in [-0.2, 0) is 21.0 Å². The van der Waals surface area contributed by atoms with E-state index in [4.69, 9.17) is 4.55 Å². The molecule has 1 saturated heterocycles. The summed E-state index contributed by atoms with van der Waals surface area (Å²) in [5.41, 5.74) is 0.938. The minimum atomic E-state index is -4.53. The Morgan fingerprint density at radius 3 is 2.50 bits per heavy atom. The second-order valence-electron chi connectivity index (χ2n) is 5.24. The minimum Gasteiger partial charge on any atom is -0.333 e. The third-order valence-corrected chi connectivity index (χ3v) is 3.90. The standard InChI is InChI=1S/C14H20N2O5S/c17-14(16-8-4-5-9-16)15-13(11-21-22(18,19)20)10-12-6-2-1-3-7-12/h1-3,6-7,13H,4-5,8-11H2,(H,15,17)(H,18,19,20). The monoisotopic (exact) mass is 328 g/mol. The molecule has 0 bridgehead atoms. The van der Waals surface area contributed by atoms with Gasteiger partial charge >= 0.3 is 16.4 Å². The number of carbonyl (C=O) groups excluding carboxylic acids is 1. The van der Waals surface area contributed by atoms with Crippen LogP contribution < -0.4 is 5.32 Å². The van der Waals surface area contributed by atoms with E-state index in [1.165, 1.54) is 0 Å². The smallest absolute Gasteiger partial charge is 0.333 e. The van der Waals surface area contributed by atoms with Gasteiger partial charge in [-0.05, 0) is 24.8 Å². The van der Waals surface area contributed by atoms with E-state index >= 15 is 0 Å². The fourth-order valence-electron chi connectivity index (χ4n) is 2.40. The van der Waals surface area contributed by atoms with Gasteiger partial charge in [0.2, 0.25) is 0 Å². The van der Waals surface area contributed by atoms with Gasteiger partial charge in [0, 0.05) is 13.1 Å². The van der Waals surface area contributed by atoms with Crippen LogP contribution in [0.3, 0.4) is 0 Å². The molecule has 1 aromatic rings. The van der Waals surface area contributed by atoms with Crippen molar-refractivity contribution in [3.8, 4) is 0 Å². The maximum atomic E-state index is 12.1. The molecule has 2 rings (SSSR count). The Labute approximate surface area is 130 Å². The first-order chi connectivity index (χ1) is 10.4. The van der Waals surface area contributed by atoms with Crippen molar-refractivity contribution in [1.82, 2.24) is 10.2 Å². The van der Waals surface area contributed by atoms with Crippen LogP contribution in [0.4, 0.5) is 4.79 Å². The summed E-state index contributed by atoms with van der Waals surface area (Å²) in [6.45, 7) is 1.08. The first-order valence-electron chi connectivity index (χ1n) is 7.15. The predicted octanol–water partition coefficient (Wildman–Crippen LogP) is 1.22. The van der Waals surface area contributed by atoms with E-state index in [1.807, 2.05) is 30.3 Å². The van der Waals surface area contributed by atoms with Gasteiger partial charge in [-0.2, -0.15) is 8.42 Å². The van der Waals surface area contributed by atoms with Gasteiger partial charge in [-0.1, -0.05) is 30.3 Å². The molecule has 1 aromatic carbocycles. The van der Waals surface area contributed by atoms with E-state index in [9.17, 15) is 13.2 Å². The molecule has 0 radical (unpaired) electrons. The van der Waals surface area contributed by atoms with E-state index in [1.54, 1.807) is 4.90 Å². The Bertz CT molecular complexity index is 585. The topological polar surface area (TPSA) is 95.9 Å². The highest BCUT2D eigenvalue weighted by Gasteiger charge is 2.22. The first-order valence-corrected chi connectivity index (χ1v) is 8.52. The Morgan fingerprint density at radius 1 is 1.27 bits per heavy atom. The van der Waals surface area contributed by atoms with Crippen molar-refractivity contribution in [2.75, 3.05) is 19.7 Å². The zero-order valence-corrected chi connectivity index (χ0v) is 13.0. The fraction of sp³-hybridized carbons (Fsp3) is 0.500. The van der Waals surface area contributed by atoms with Crippen LogP contribution in [0.25, 0.3) is 0 Å². The summed E-state index contributed by atoms with van der Waals surface area (Å²) >= 11 is 0. The number of hydrogen-bond acceptors (Lipinski definition) is 4. The number of likely N-dealkylation sites (tertiary alicyclic amines) is 1. The molecule has 0 aromatic heterocycles. The first kappa shape index (κ1) is 16.7. The molecule has 0 spiro atoms. The predicted molar refractivity (Wildman–Crippen MR) is 80.8 cm³/mol. The maximum absolute atomic E-state index is 12.1. The molecular formula is C14H20N2O5S. The number of rotatable bonds is 6. The van der Waals surface area contributed by atoms with Crippen LogP contribution in [0, 0.1) is 0 Å². The molecule has 0 aliphatic carbocycles. The molecule has 1 unspecified atom stereocenters. The number of nitrogens with one attached hydrogen (secondary N) is 1. The van der Waals surface area contributed by atoms with Crippen LogP contribution in [-0.4, -0.2) is 49.6 Å². The average Bonchev–Trinajstić information content (AvgIpc) is 2.99. The number of benzene rings is 1. The molecule has 2 N–H and O–H groups in total. The highest BCUT2D eigenvalue weighted by molar-refractivity contribution is 7.80. The minimum absolute atomic E-state index is 0.239. The Balaban J connectivity index is 1.98. The van der Waals surface area contributed by atoms with E-state index in [0.29, 0.717) is 19.5 Å². The Kier molecular flexibility index (Phi) is 5.76. The summed E-state index contributed by atoms with van der Waals surface area (Å²) < 4.78 is 34.6. The summed E-state index contributed by atoms with van der Waals surface area (Å²) in [4.78, 5) is 13.8. The van der Waals surface area contributed by atoms with Crippen LogP contribution >= 0.6 is 0 Å². The van der Waals surface area contributed by atoms with Gasteiger partial charge in [-0.15, -0.1) is 0 Å². The molecule has 22 heavy (non-hydrogen) atoms. The average molecular weight is 328 g/mol. The van der Waals surface area contributed by atoms with Gasteiger partial charge in [-0.25, -0.2) is 8.98 Å². The van der Waals surface area contributed by atoms with Gasteiger partial charge in [0.25, 0.3) is 0 Å². The fourth-order valence-corrected chi connectivity index (χ4v) is 2.74. The molecule has 1 atom stereocenters. The largest absolute Gasteiger partial charge is 0.397 e. The van der Waals surface area contributed by atoms with Crippen LogP contribution in [0.2, 0.25) is 0 Å². The summed E-state index contributed by atoms with van der Waals surface area (Å²) in [5, 5.41) is 2.77. The number of urea groups is 1. The molecule has 8 heteroatoms. The van der Waals surface area contributed by atoms with Gasteiger partial charge in [0.1, 0.15) is 0 Å². The molecule has 1 aliphatic heterocycles. The van der Waals surface area contributed by atoms with Crippen molar-refractivity contribution in [1.29, 1.82) is 0 Å². The molecule has 1 heterocycles. The third kappa shape index (κ3) is 5.63. The molecular weight excluding hydrogens is 308 g/mol. The molecule has 7 nitrogen and oxygen atoms in total. The highest BCUT2D eigenvalue weighted by Crippen LogP contribution is 2.09. The molecule has 0 saturated carbocycles. The van der Waals surface area contributed by atoms with Crippen LogP contribution in [0.5, 0.6) is 0 Å². The van der Waals surface area contributed by atoms with Crippen molar-refractivity contribution in [3.05, 3.63) is 35.9 Å². The van der Waals surface area contributed by atoms with Gasteiger partial charge in [0.15, 0.2) is 0 Å². The number of amides is 2. The molecule has 2 amide bonds. The lowest BCUT2D eigenvalue weighted by Gasteiger charge is -2.22. The number of carbonyl (C=O) groups is 1. The lowest BCUT2D eigenvalue weighted by atomic mass is 10.1. The van der Waals surface area contributed by atoms with Crippen LogP contribution in [0.15, 0.2) is 30.3 Å². The number of nitrogens with zero attached hydrogens (tertiary/aromatic N) is 1. The number of hydrogen-bond donors (Lipinski definition) is 2. The zero-order valence-electron chi connectivity index (χ0n) is 12.1. The van der Waals surface area contributed by atoms with E-state index < -0.39 is 16.4 Å². The van der Waals surface area contributed by atoms with Crippen molar-refractivity contribution in [2.24, 2.45) is 0 Å². The van der Waals surface area contributed by atoms with Crippen molar-refractivity contribution in [3.63, 3.8) is 0 Å². The van der Waals surface area contributed by atoms with E-state index in [2.05, 4.69) is 9.50 Å². The maximum Gasteiger partial charge on any atom is 0.397 e. The second kappa shape index (κ2) is 7.57. The Morgan fingerprint density at radius 2 is 1.91 bits per heavy atom. The lowest BCUT2D eigenvalue weighted by molar-refractivity contribution is 0.190. The third-order valence-electron chi connectivity index (χ3n) is 3.46. The van der Waals surface area contributed by atoms with Gasteiger partial charge < -0.3 is 10.2 Å². The summed E-state index contributed by atoms with van der Waals surface area (Å²) in [6.07, 6.45) is 2.35. The van der Waals surface area contributed by atoms with Crippen molar-refractivity contribution < 1.29 is 21.9 Å². The molecule has 1 fully saturated rings. The van der Waals surface area contributed by atoms with Gasteiger partial charge in [0.05, 0.1) is 12.6 Å². The normalized spacial score (nSPS) is 16.5. The van der Waals surface area contributed by atoms with E-state index in [0.717, 1.165) is 18.4 Å². The molecule has 122 valence electrons. The van der Waals surface area contributed by atoms with Crippen LogP contribution in [0.1, 0.15) is 18.4 Å². The highest BCUT2D eigenvalue weighted by atomic mass is 32.3. The second-order valence-corrected chi connectivity index (χ2v) is 6.33. The Hall–Kier alpha value is -1.64. The van der Waals surface area contributed by atoms with E-state index in [-0.39, 0.29) is 12.6 Å². The SMILES string of the molecule is O=C(NC(COS(=O)(=O)O)Cc1ccccc1)N1CCCC1. The summed E-state index contributed by atoms with van der Waals surface area (Å²) in [6, 6.07) is 8.56. The quantitative estimate of drug-likeness (QED) is 0.766. The zero-order chi connectivity index (χ0) is 16.0. The lowest BCUT2D eigenvalue weighted by Crippen LogP contribution is -2.46.